The summed E-state index contributed by atoms with van der Waals surface area (Å²) in [6.07, 6.45) is 1.78. The van der Waals surface area contributed by atoms with Gasteiger partial charge in [0.15, 0.2) is 0 Å². The van der Waals surface area contributed by atoms with E-state index in [0.29, 0.717) is 0 Å². The van der Waals surface area contributed by atoms with E-state index in [1.807, 2.05) is 6.92 Å². The van der Waals surface area contributed by atoms with Gasteiger partial charge in [-0.3, -0.25) is 0 Å². The van der Waals surface area contributed by atoms with E-state index in [0.717, 1.165) is 5.69 Å². The minimum Gasteiger partial charge on any atom is -0.379 e. The largest absolute Gasteiger partial charge is 0.379 e. The van der Waals surface area contributed by atoms with Crippen molar-refractivity contribution in [1.82, 2.24) is 4.72 Å². The fourth-order valence-corrected chi connectivity index (χ4v) is 1.90. The first-order valence-electron chi connectivity index (χ1n) is 4.92. The lowest BCUT2D eigenvalue weighted by atomic mass is 10.2. The molecule has 0 aliphatic rings. The van der Waals surface area contributed by atoms with Crippen molar-refractivity contribution in [3.63, 3.8) is 0 Å². The third kappa shape index (κ3) is 3.08. The second-order valence-corrected chi connectivity index (χ2v) is 5.29. The molecule has 0 radical (unpaired) electrons. The van der Waals surface area contributed by atoms with Crippen molar-refractivity contribution < 1.29 is 8.42 Å². The van der Waals surface area contributed by atoms with Crippen LogP contribution in [-0.2, 0) is 10.0 Å². The number of benzene rings is 1. The SMILES string of the molecule is C=CC(C)Nc1ccc(S(=O)(=O)NC)cc1. The van der Waals surface area contributed by atoms with E-state index in [1.54, 1.807) is 30.3 Å². The predicted molar refractivity (Wildman–Crippen MR) is 66.0 cm³/mol. The van der Waals surface area contributed by atoms with Gasteiger partial charge in [0.25, 0.3) is 0 Å². The van der Waals surface area contributed by atoms with E-state index in [9.17, 15) is 8.42 Å². The van der Waals surface area contributed by atoms with E-state index in [2.05, 4.69) is 16.6 Å². The number of nitrogens with one attached hydrogen (secondary N) is 2. The first-order valence-corrected chi connectivity index (χ1v) is 6.40. The summed E-state index contributed by atoms with van der Waals surface area (Å²) in [5.41, 5.74) is 0.863. The normalized spacial score (nSPS) is 13.1. The van der Waals surface area contributed by atoms with Gasteiger partial charge >= 0.3 is 0 Å². The molecule has 0 heterocycles. The molecule has 0 saturated heterocycles. The van der Waals surface area contributed by atoms with Gasteiger partial charge in [-0.25, -0.2) is 13.1 Å². The molecule has 0 spiro atoms. The fourth-order valence-electron chi connectivity index (χ4n) is 1.17. The van der Waals surface area contributed by atoms with Crippen LogP contribution < -0.4 is 10.0 Å². The molecule has 1 unspecified atom stereocenters. The van der Waals surface area contributed by atoms with Crippen molar-refractivity contribution in [3.05, 3.63) is 36.9 Å². The van der Waals surface area contributed by atoms with E-state index in [-0.39, 0.29) is 10.9 Å². The van der Waals surface area contributed by atoms with Crippen LogP contribution in [0.3, 0.4) is 0 Å². The highest BCUT2D eigenvalue weighted by Crippen LogP contribution is 2.14. The van der Waals surface area contributed by atoms with Crippen LogP contribution in [0.4, 0.5) is 5.69 Å². The third-order valence-corrected chi connectivity index (χ3v) is 3.61. The van der Waals surface area contributed by atoms with Crippen LogP contribution in [0, 0.1) is 0 Å². The van der Waals surface area contributed by atoms with E-state index < -0.39 is 10.0 Å². The standard InChI is InChI=1S/C11H16N2O2S/c1-4-9(2)13-10-5-7-11(8-6-10)16(14,15)12-3/h4-9,12-13H,1H2,2-3H3. The summed E-state index contributed by atoms with van der Waals surface area (Å²) in [5.74, 6) is 0. The van der Waals surface area contributed by atoms with Crippen LogP contribution in [-0.4, -0.2) is 21.5 Å². The molecule has 0 fully saturated rings. The molecule has 5 heteroatoms. The number of hydrogen-bond acceptors (Lipinski definition) is 3. The second-order valence-electron chi connectivity index (χ2n) is 3.40. The van der Waals surface area contributed by atoms with Gasteiger partial charge in [-0.15, -0.1) is 6.58 Å². The molecule has 88 valence electrons. The molecule has 4 nitrogen and oxygen atoms in total. The van der Waals surface area contributed by atoms with Crippen molar-refractivity contribution in [3.8, 4) is 0 Å². The summed E-state index contributed by atoms with van der Waals surface area (Å²) in [4.78, 5) is 0.256. The minimum absolute atomic E-state index is 0.145. The molecule has 1 rings (SSSR count). The molecule has 0 aliphatic heterocycles. The molecule has 0 bridgehead atoms. The molecule has 0 aromatic heterocycles. The van der Waals surface area contributed by atoms with Gasteiger partial charge in [0.2, 0.25) is 10.0 Å². The Bertz CT molecular complexity index is 451. The van der Waals surface area contributed by atoms with Crippen molar-refractivity contribution in [2.45, 2.75) is 17.9 Å². The Morgan fingerprint density at radius 1 is 1.31 bits per heavy atom. The molecular weight excluding hydrogens is 224 g/mol. The monoisotopic (exact) mass is 240 g/mol. The fraction of sp³-hybridized carbons (Fsp3) is 0.273. The van der Waals surface area contributed by atoms with Gasteiger partial charge in [-0.1, -0.05) is 6.08 Å². The molecule has 16 heavy (non-hydrogen) atoms. The van der Waals surface area contributed by atoms with Crippen LogP contribution in [0.5, 0.6) is 0 Å². The lowest BCUT2D eigenvalue weighted by Crippen LogP contribution is -2.18. The van der Waals surface area contributed by atoms with Crippen molar-refractivity contribution >= 4 is 15.7 Å². The molecule has 1 aromatic rings. The van der Waals surface area contributed by atoms with E-state index in [4.69, 9.17) is 0 Å². The van der Waals surface area contributed by atoms with Crippen LogP contribution in [0.1, 0.15) is 6.92 Å². The molecule has 0 aliphatic carbocycles. The molecular formula is C11H16N2O2S. The zero-order valence-electron chi connectivity index (χ0n) is 9.40. The first-order chi connectivity index (χ1) is 7.49. The molecule has 1 atom stereocenters. The predicted octanol–water partition coefficient (Wildman–Crippen LogP) is 1.58. The van der Waals surface area contributed by atoms with Gasteiger partial charge in [-0.2, -0.15) is 0 Å². The van der Waals surface area contributed by atoms with Crippen molar-refractivity contribution in [2.24, 2.45) is 0 Å². The van der Waals surface area contributed by atoms with E-state index >= 15 is 0 Å². The second kappa shape index (κ2) is 5.14. The Balaban J connectivity index is 2.88. The van der Waals surface area contributed by atoms with Crippen LogP contribution in [0.2, 0.25) is 0 Å². The smallest absolute Gasteiger partial charge is 0.240 e. The molecule has 2 N–H and O–H groups in total. The van der Waals surface area contributed by atoms with Gasteiger partial charge in [0, 0.05) is 11.7 Å². The van der Waals surface area contributed by atoms with Gasteiger partial charge in [0.1, 0.15) is 0 Å². The number of hydrogen-bond donors (Lipinski definition) is 2. The van der Waals surface area contributed by atoms with Crippen LogP contribution in [0.25, 0.3) is 0 Å². The van der Waals surface area contributed by atoms with Gasteiger partial charge < -0.3 is 5.32 Å². The Morgan fingerprint density at radius 2 is 1.88 bits per heavy atom. The van der Waals surface area contributed by atoms with Gasteiger partial charge in [0.05, 0.1) is 4.90 Å². The highest BCUT2D eigenvalue weighted by molar-refractivity contribution is 7.89. The number of sulfonamides is 1. The quantitative estimate of drug-likeness (QED) is 0.768. The summed E-state index contributed by atoms with van der Waals surface area (Å²) in [7, 11) is -1.96. The third-order valence-electron chi connectivity index (χ3n) is 2.18. The Labute approximate surface area is 96.4 Å². The summed E-state index contributed by atoms with van der Waals surface area (Å²) in [6, 6.07) is 6.72. The Kier molecular flexibility index (Phi) is 4.09. The van der Waals surface area contributed by atoms with Crippen molar-refractivity contribution in [1.29, 1.82) is 0 Å². The summed E-state index contributed by atoms with van der Waals surface area (Å²) >= 11 is 0. The summed E-state index contributed by atoms with van der Waals surface area (Å²) in [5, 5.41) is 3.15. The minimum atomic E-state index is -3.35. The average molecular weight is 240 g/mol. The molecule has 0 amide bonds. The maximum absolute atomic E-state index is 11.4. The average Bonchev–Trinajstić information content (AvgIpc) is 2.29. The van der Waals surface area contributed by atoms with E-state index in [1.165, 1.54) is 7.05 Å². The summed E-state index contributed by atoms with van der Waals surface area (Å²) in [6.45, 7) is 5.62. The first kappa shape index (κ1) is 12.7. The Morgan fingerprint density at radius 3 is 2.31 bits per heavy atom. The highest BCUT2D eigenvalue weighted by Gasteiger charge is 2.10. The van der Waals surface area contributed by atoms with Crippen molar-refractivity contribution in [2.75, 3.05) is 12.4 Å². The highest BCUT2D eigenvalue weighted by atomic mass is 32.2. The topological polar surface area (TPSA) is 58.2 Å². The lowest BCUT2D eigenvalue weighted by molar-refractivity contribution is 0.588. The maximum Gasteiger partial charge on any atom is 0.240 e. The number of rotatable bonds is 5. The van der Waals surface area contributed by atoms with Crippen LogP contribution >= 0.6 is 0 Å². The zero-order chi connectivity index (χ0) is 12.2. The summed E-state index contributed by atoms with van der Waals surface area (Å²) < 4.78 is 25.2. The zero-order valence-corrected chi connectivity index (χ0v) is 10.2. The van der Waals surface area contributed by atoms with Crippen LogP contribution in [0.15, 0.2) is 41.8 Å². The Hall–Kier alpha value is -1.33. The maximum atomic E-state index is 11.4. The molecule has 1 aromatic carbocycles. The van der Waals surface area contributed by atoms with Gasteiger partial charge in [-0.05, 0) is 38.2 Å². The number of anilines is 1. The lowest BCUT2D eigenvalue weighted by Gasteiger charge is -2.11. The molecule has 0 saturated carbocycles.